The summed E-state index contributed by atoms with van der Waals surface area (Å²) in [5.74, 6) is 0.613. The summed E-state index contributed by atoms with van der Waals surface area (Å²) >= 11 is 0. The number of hydrogen-bond acceptors (Lipinski definition) is 3. The van der Waals surface area contributed by atoms with Gasteiger partial charge in [0.05, 0.1) is 6.10 Å². The number of hydrogen-bond donors (Lipinski definition) is 2. The lowest BCUT2D eigenvalue weighted by molar-refractivity contribution is -0.129. The lowest BCUT2D eigenvalue weighted by Gasteiger charge is -2.38. The number of nitrogens with two attached hydrogens (primary N) is 1. The minimum absolute atomic E-state index is 0.0634. The summed E-state index contributed by atoms with van der Waals surface area (Å²) in [6.07, 6.45) is 3.57. The van der Waals surface area contributed by atoms with Crippen LogP contribution in [-0.4, -0.2) is 31.7 Å². The molecule has 0 aromatic heterocycles. The molecule has 17 heavy (non-hydrogen) atoms. The Balaban J connectivity index is 2.29. The van der Waals surface area contributed by atoms with E-state index in [4.69, 9.17) is 10.5 Å². The van der Waals surface area contributed by atoms with Gasteiger partial charge in [-0.15, -0.1) is 0 Å². The van der Waals surface area contributed by atoms with Crippen LogP contribution in [0.4, 0.5) is 0 Å². The topological polar surface area (TPSA) is 64.3 Å². The van der Waals surface area contributed by atoms with Crippen LogP contribution in [0.15, 0.2) is 0 Å². The van der Waals surface area contributed by atoms with Gasteiger partial charge >= 0.3 is 0 Å². The van der Waals surface area contributed by atoms with Gasteiger partial charge in [-0.2, -0.15) is 0 Å². The largest absolute Gasteiger partial charge is 0.368 e. The molecule has 1 fully saturated rings. The molecule has 0 bridgehead atoms. The maximum absolute atomic E-state index is 11.4. The number of ether oxygens (including phenoxy) is 1. The maximum atomic E-state index is 11.4. The van der Waals surface area contributed by atoms with Crippen molar-refractivity contribution in [3.63, 3.8) is 0 Å². The Labute approximate surface area is 104 Å². The van der Waals surface area contributed by atoms with Gasteiger partial charge in [0.15, 0.2) is 0 Å². The van der Waals surface area contributed by atoms with Crippen LogP contribution in [-0.2, 0) is 9.53 Å². The van der Waals surface area contributed by atoms with Gasteiger partial charge in [0.25, 0.3) is 0 Å². The van der Waals surface area contributed by atoms with Crippen molar-refractivity contribution in [2.24, 2.45) is 17.1 Å². The molecule has 0 aromatic carbocycles. The second-order valence-electron chi connectivity index (χ2n) is 5.98. The van der Waals surface area contributed by atoms with Crippen LogP contribution in [0.5, 0.6) is 0 Å². The highest BCUT2D eigenvalue weighted by molar-refractivity contribution is 5.77. The number of rotatable bonds is 5. The third-order valence-electron chi connectivity index (χ3n) is 3.26. The smallest absolute Gasteiger partial charge is 0.246 e. The van der Waals surface area contributed by atoms with Gasteiger partial charge < -0.3 is 15.8 Å². The lowest BCUT2D eigenvalue weighted by Crippen LogP contribution is -2.37. The van der Waals surface area contributed by atoms with Crippen molar-refractivity contribution in [3.8, 4) is 0 Å². The molecule has 0 radical (unpaired) electrons. The maximum Gasteiger partial charge on any atom is 0.246 e. The van der Waals surface area contributed by atoms with E-state index in [9.17, 15) is 4.79 Å². The predicted molar refractivity (Wildman–Crippen MR) is 68.6 cm³/mol. The highest BCUT2D eigenvalue weighted by Crippen LogP contribution is 2.39. The molecule has 100 valence electrons. The zero-order chi connectivity index (χ0) is 12.9. The number of amides is 1. The molecule has 0 spiro atoms. The average molecular weight is 242 g/mol. The van der Waals surface area contributed by atoms with E-state index in [1.54, 1.807) is 0 Å². The molecule has 1 aliphatic rings. The summed E-state index contributed by atoms with van der Waals surface area (Å²) in [5, 5.41) is 2.71. The normalized spacial score (nSPS) is 27.8. The van der Waals surface area contributed by atoms with Crippen LogP contribution in [0.1, 0.15) is 40.0 Å². The minimum Gasteiger partial charge on any atom is -0.368 e. The Morgan fingerprint density at radius 3 is 2.76 bits per heavy atom. The van der Waals surface area contributed by atoms with Gasteiger partial charge in [0.1, 0.15) is 6.61 Å². The average Bonchev–Trinajstić information content (AvgIpc) is 2.20. The summed E-state index contributed by atoms with van der Waals surface area (Å²) in [5.41, 5.74) is 5.64. The van der Waals surface area contributed by atoms with Gasteiger partial charge in [-0.3, -0.25) is 4.79 Å². The standard InChI is InChI=1S/C13H26N2O2/c1-10-6-11(8-13(2,3)7-10)17-9-12(16)15-5-4-14/h10-11H,4-9,14H2,1-3H3,(H,15,16). The third kappa shape index (κ3) is 5.50. The van der Waals surface area contributed by atoms with E-state index >= 15 is 0 Å². The Kier molecular flexibility index (Phi) is 5.40. The van der Waals surface area contributed by atoms with Gasteiger partial charge in [0, 0.05) is 13.1 Å². The summed E-state index contributed by atoms with van der Waals surface area (Å²) in [6, 6.07) is 0. The first-order valence-electron chi connectivity index (χ1n) is 6.51. The summed E-state index contributed by atoms with van der Waals surface area (Å²) in [6.45, 7) is 7.95. The van der Waals surface area contributed by atoms with Crippen LogP contribution in [0.25, 0.3) is 0 Å². The first-order chi connectivity index (χ1) is 7.93. The van der Waals surface area contributed by atoms with Crippen LogP contribution in [0.3, 0.4) is 0 Å². The molecule has 1 saturated carbocycles. The Hall–Kier alpha value is -0.610. The Bertz CT molecular complexity index is 254. The zero-order valence-corrected chi connectivity index (χ0v) is 11.3. The molecule has 1 aliphatic carbocycles. The molecule has 2 unspecified atom stereocenters. The van der Waals surface area contributed by atoms with Gasteiger partial charge in [-0.05, 0) is 30.6 Å². The molecule has 1 rings (SSSR count). The van der Waals surface area contributed by atoms with Crippen molar-refractivity contribution in [2.45, 2.75) is 46.1 Å². The molecule has 2 atom stereocenters. The van der Waals surface area contributed by atoms with E-state index in [0.717, 1.165) is 12.8 Å². The first-order valence-corrected chi connectivity index (χ1v) is 6.51. The van der Waals surface area contributed by atoms with Crippen LogP contribution < -0.4 is 11.1 Å². The van der Waals surface area contributed by atoms with Crippen LogP contribution in [0, 0.1) is 11.3 Å². The van der Waals surface area contributed by atoms with Crippen molar-refractivity contribution in [1.29, 1.82) is 0 Å². The third-order valence-corrected chi connectivity index (χ3v) is 3.26. The highest BCUT2D eigenvalue weighted by Gasteiger charge is 2.32. The molecule has 1 amide bonds. The zero-order valence-electron chi connectivity index (χ0n) is 11.3. The summed E-state index contributed by atoms with van der Waals surface area (Å²) in [7, 11) is 0. The first kappa shape index (κ1) is 14.5. The van der Waals surface area contributed by atoms with Gasteiger partial charge in [-0.25, -0.2) is 0 Å². The van der Waals surface area contributed by atoms with E-state index < -0.39 is 0 Å². The van der Waals surface area contributed by atoms with E-state index in [-0.39, 0.29) is 18.6 Å². The fourth-order valence-corrected chi connectivity index (χ4v) is 2.84. The van der Waals surface area contributed by atoms with Gasteiger partial charge in [-0.1, -0.05) is 20.8 Å². The SMILES string of the molecule is CC1CC(OCC(=O)NCCN)CC(C)(C)C1. The van der Waals surface area contributed by atoms with Crippen LogP contribution >= 0.6 is 0 Å². The highest BCUT2D eigenvalue weighted by atomic mass is 16.5. The minimum atomic E-state index is -0.0634. The molecule has 0 heterocycles. The fourth-order valence-electron chi connectivity index (χ4n) is 2.84. The Morgan fingerprint density at radius 2 is 2.18 bits per heavy atom. The number of carbonyl (C=O) groups is 1. The van der Waals surface area contributed by atoms with Gasteiger partial charge in [0.2, 0.25) is 5.91 Å². The molecular formula is C13H26N2O2. The summed E-state index contributed by atoms with van der Waals surface area (Å²) in [4.78, 5) is 11.4. The van der Waals surface area contributed by atoms with Crippen molar-refractivity contribution in [3.05, 3.63) is 0 Å². The quantitative estimate of drug-likeness (QED) is 0.763. The van der Waals surface area contributed by atoms with E-state index in [1.165, 1.54) is 6.42 Å². The fraction of sp³-hybridized carbons (Fsp3) is 0.923. The predicted octanol–water partition coefficient (Wildman–Crippen LogP) is 1.29. The van der Waals surface area contributed by atoms with E-state index in [0.29, 0.717) is 24.4 Å². The molecular weight excluding hydrogens is 216 g/mol. The monoisotopic (exact) mass is 242 g/mol. The van der Waals surface area contributed by atoms with Crippen molar-refractivity contribution < 1.29 is 9.53 Å². The molecule has 3 N–H and O–H groups in total. The van der Waals surface area contributed by atoms with Crippen molar-refractivity contribution in [1.82, 2.24) is 5.32 Å². The molecule has 0 aliphatic heterocycles. The molecule has 4 heteroatoms. The summed E-state index contributed by atoms with van der Waals surface area (Å²) < 4.78 is 5.69. The number of carbonyl (C=O) groups excluding carboxylic acids is 1. The second-order valence-corrected chi connectivity index (χ2v) is 5.98. The van der Waals surface area contributed by atoms with Crippen molar-refractivity contribution >= 4 is 5.91 Å². The Morgan fingerprint density at radius 1 is 1.47 bits per heavy atom. The van der Waals surface area contributed by atoms with E-state index in [1.807, 2.05) is 0 Å². The lowest BCUT2D eigenvalue weighted by atomic mass is 9.71. The molecule has 0 saturated heterocycles. The molecule has 4 nitrogen and oxygen atoms in total. The second kappa shape index (κ2) is 6.36. The van der Waals surface area contributed by atoms with Crippen LogP contribution in [0.2, 0.25) is 0 Å². The number of nitrogens with one attached hydrogen (secondary N) is 1. The van der Waals surface area contributed by atoms with E-state index in [2.05, 4.69) is 26.1 Å². The van der Waals surface area contributed by atoms with Crippen molar-refractivity contribution in [2.75, 3.05) is 19.7 Å². The molecule has 0 aromatic rings.